The summed E-state index contributed by atoms with van der Waals surface area (Å²) in [6.07, 6.45) is 4.74. The number of hydrogen-bond acceptors (Lipinski definition) is 3. The highest BCUT2D eigenvalue weighted by atomic mass is 35.5. The summed E-state index contributed by atoms with van der Waals surface area (Å²) in [7, 11) is 0. The van der Waals surface area contributed by atoms with Gasteiger partial charge in [-0.05, 0) is 30.3 Å². The number of furan rings is 1. The van der Waals surface area contributed by atoms with Gasteiger partial charge in [0.1, 0.15) is 11.6 Å². The molecule has 126 valence electrons. The fourth-order valence-corrected chi connectivity index (χ4v) is 2.90. The normalized spacial score (nSPS) is 16.0. The summed E-state index contributed by atoms with van der Waals surface area (Å²) in [4.78, 5) is 16.0. The molecular formula is C18H18ClFN2O2. The van der Waals surface area contributed by atoms with Crippen LogP contribution in [0.4, 0.5) is 4.39 Å². The van der Waals surface area contributed by atoms with Crippen LogP contribution in [0.15, 0.2) is 47.1 Å². The Kier molecular flexibility index (Phi) is 5.33. The summed E-state index contributed by atoms with van der Waals surface area (Å²) in [5.74, 6) is 0.313. The molecule has 6 heteroatoms. The van der Waals surface area contributed by atoms with Crippen LogP contribution in [0.5, 0.6) is 0 Å². The SMILES string of the molecule is O=C(/C=C/c1ccco1)N1CCN(Cc2c(F)cccc2Cl)CC1. The highest BCUT2D eigenvalue weighted by Gasteiger charge is 2.21. The van der Waals surface area contributed by atoms with Crippen molar-refractivity contribution in [3.8, 4) is 0 Å². The molecule has 2 heterocycles. The Morgan fingerprint density at radius 2 is 2.00 bits per heavy atom. The lowest BCUT2D eigenvalue weighted by Crippen LogP contribution is -2.47. The smallest absolute Gasteiger partial charge is 0.246 e. The molecule has 4 nitrogen and oxygen atoms in total. The molecule has 1 aromatic carbocycles. The Morgan fingerprint density at radius 1 is 1.21 bits per heavy atom. The Hall–Kier alpha value is -2.11. The molecule has 24 heavy (non-hydrogen) atoms. The van der Waals surface area contributed by atoms with Gasteiger partial charge in [-0.15, -0.1) is 0 Å². The second kappa shape index (κ2) is 7.64. The minimum atomic E-state index is -0.289. The van der Waals surface area contributed by atoms with Gasteiger partial charge in [-0.3, -0.25) is 9.69 Å². The molecule has 0 N–H and O–H groups in total. The van der Waals surface area contributed by atoms with Crippen molar-refractivity contribution in [2.75, 3.05) is 26.2 Å². The number of piperazine rings is 1. The topological polar surface area (TPSA) is 36.7 Å². The number of amides is 1. The molecular weight excluding hydrogens is 331 g/mol. The number of benzene rings is 1. The van der Waals surface area contributed by atoms with Gasteiger partial charge in [0.25, 0.3) is 0 Å². The van der Waals surface area contributed by atoms with E-state index in [1.807, 2.05) is 0 Å². The second-order valence-corrected chi connectivity index (χ2v) is 6.06. The number of hydrogen-bond donors (Lipinski definition) is 0. The van der Waals surface area contributed by atoms with E-state index in [1.54, 1.807) is 41.5 Å². The molecule has 1 fully saturated rings. The number of carbonyl (C=O) groups is 1. The highest BCUT2D eigenvalue weighted by molar-refractivity contribution is 6.31. The number of nitrogens with zero attached hydrogens (tertiary/aromatic N) is 2. The van der Waals surface area contributed by atoms with Gasteiger partial charge < -0.3 is 9.32 Å². The van der Waals surface area contributed by atoms with Gasteiger partial charge in [-0.25, -0.2) is 4.39 Å². The van der Waals surface area contributed by atoms with Crippen molar-refractivity contribution in [3.63, 3.8) is 0 Å². The Morgan fingerprint density at radius 3 is 2.67 bits per heavy atom. The van der Waals surface area contributed by atoms with Crippen molar-refractivity contribution < 1.29 is 13.6 Å². The lowest BCUT2D eigenvalue weighted by molar-refractivity contribution is -0.127. The van der Waals surface area contributed by atoms with Crippen molar-refractivity contribution >= 4 is 23.6 Å². The lowest BCUT2D eigenvalue weighted by atomic mass is 10.2. The van der Waals surface area contributed by atoms with Crippen molar-refractivity contribution in [2.24, 2.45) is 0 Å². The van der Waals surface area contributed by atoms with Crippen LogP contribution in [0.3, 0.4) is 0 Å². The molecule has 0 spiro atoms. The molecule has 0 bridgehead atoms. The maximum absolute atomic E-state index is 13.9. The molecule has 3 rings (SSSR count). The van der Waals surface area contributed by atoms with Gasteiger partial charge in [-0.2, -0.15) is 0 Å². The minimum absolute atomic E-state index is 0.0463. The van der Waals surface area contributed by atoms with E-state index in [2.05, 4.69) is 4.90 Å². The Bertz CT molecular complexity index is 702. The summed E-state index contributed by atoms with van der Waals surface area (Å²) in [5, 5.41) is 0.440. The van der Waals surface area contributed by atoms with E-state index in [1.165, 1.54) is 12.1 Å². The van der Waals surface area contributed by atoms with Crippen LogP contribution in [0.1, 0.15) is 11.3 Å². The van der Waals surface area contributed by atoms with Gasteiger partial charge in [0.2, 0.25) is 5.91 Å². The number of rotatable bonds is 4. The van der Waals surface area contributed by atoms with Crippen molar-refractivity contribution in [1.29, 1.82) is 0 Å². The van der Waals surface area contributed by atoms with E-state index < -0.39 is 0 Å². The van der Waals surface area contributed by atoms with Crippen molar-refractivity contribution in [1.82, 2.24) is 9.80 Å². The van der Waals surface area contributed by atoms with Crippen LogP contribution in [0.25, 0.3) is 6.08 Å². The van der Waals surface area contributed by atoms with Crippen LogP contribution >= 0.6 is 11.6 Å². The van der Waals surface area contributed by atoms with E-state index in [-0.39, 0.29) is 11.7 Å². The summed E-state index contributed by atoms with van der Waals surface area (Å²) in [5.41, 5.74) is 0.511. The second-order valence-electron chi connectivity index (χ2n) is 5.65. The monoisotopic (exact) mass is 348 g/mol. The van der Waals surface area contributed by atoms with Crippen LogP contribution in [0, 0.1) is 5.82 Å². The third kappa shape index (κ3) is 4.04. The average Bonchev–Trinajstić information content (AvgIpc) is 3.10. The zero-order chi connectivity index (χ0) is 16.9. The molecule has 0 saturated carbocycles. The van der Waals surface area contributed by atoms with E-state index >= 15 is 0 Å². The standard InChI is InChI=1S/C18H18ClFN2O2/c19-16-4-1-5-17(20)15(16)13-21-8-10-22(11-9-21)18(23)7-6-14-3-2-12-24-14/h1-7,12H,8-11,13H2/b7-6+. The van der Waals surface area contributed by atoms with Crippen LogP contribution in [-0.4, -0.2) is 41.9 Å². The minimum Gasteiger partial charge on any atom is -0.465 e. The van der Waals surface area contributed by atoms with E-state index in [0.717, 1.165) is 0 Å². The molecule has 0 unspecified atom stereocenters. The third-order valence-corrected chi connectivity index (χ3v) is 4.41. The van der Waals surface area contributed by atoms with Gasteiger partial charge >= 0.3 is 0 Å². The lowest BCUT2D eigenvalue weighted by Gasteiger charge is -2.34. The molecule has 1 saturated heterocycles. The Balaban J connectivity index is 1.53. The first-order chi connectivity index (χ1) is 11.6. The van der Waals surface area contributed by atoms with Crippen molar-refractivity contribution in [3.05, 3.63) is 64.8 Å². The largest absolute Gasteiger partial charge is 0.465 e. The summed E-state index contributed by atoms with van der Waals surface area (Å²) >= 11 is 6.07. The summed E-state index contributed by atoms with van der Waals surface area (Å²) in [6.45, 7) is 3.03. The fourth-order valence-electron chi connectivity index (χ4n) is 2.68. The van der Waals surface area contributed by atoms with Crippen LogP contribution in [-0.2, 0) is 11.3 Å². The Labute approximate surface area is 145 Å². The van der Waals surface area contributed by atoms with Crippen LogP contribution in [0.2, 0.25) is 5.02 Å². The zero-order valence-corrected chi connectivity index (χ0v) is 13.9. The van der Waals surface area contributed by atoms with Crippen LogP contribution < -0.4 is 0 Å². The van der Waals surface area contributed by atoms with Gasteiger partial charge in [0.05, 0.1) is 6.26 Å². The summed E-state index contributed by atoms with van der Waals surface area (Å²) < 4.78 is 19.0. The van der Waals surface area contributed by atoms with Gasteiger partial charge in [0.15, 0.2) is 0 Å². The molecule has 0 radical (unpaired) electrons. The molecule has 1 aliphatic heterocycles. The van der Waals surface area contributed by atoms with Gasteiger partial charge in [-0.1, -0.05) is 17.7 Å². The third-order valence-electron chi connectivity index (χ3n) is 4.06. The number of carbonyl (C=O) groups excluding carboxylic acids is 1. The van der Waals surface area contributed by atoms with E-state index in [9.17, 15) is 9.18 Å². The molecule has 1 amide bonds. The molecule has 1 aliphatic rings. The fraction of sp³-hybridized carbons (Fsp3) is 0.278. The number of halogens is 2. The molecule has 0 aliphatic carbocycles. The van der Waals surface area contributed by atoms with E-state index in [0.29, 0.717) is 49.1 Å². The summed E-state index contributed by atoms with van der Waals surface area (Å²) in [6, 6.07) is 8.28. The molecule has 0 atom stereocenters. The first kappa shape index (κ1) is 16.7. The zero-order valence-electron chi connectivity index (χ0n) is 13.1. The molecule has 1 aromatic heterocycles. The maximum Gasteiger partial charge on any atom is 0.246 e. The predicted molar refractivity (Wildman–Crippen MR) is 91.0 cm³/mol. The average molecular weight is 349 g/mol. The van der Waals surface area contributed by atoms with Gasteiger partial charge in [0, 0.05) is 49.4 Å². The maximum atomic E-state index is 13.9. The first-order valence-electron chi connectivity index (χ1n) is 7.79. The van der Waals surface area contributed by atoms with E-state index in [4.69, 9.17) is 16.0 Å². The predicted octanol–water partition coefficient (Wildman–Crippen LogP) is 3.43. The highest BCUT2D eigenvalue weighted by Crippen LogP contribution is 2.21. The van der Waals surface area contributed by atoms with Crippen molar-refractivity contribution in [2.45, 2.75) is 6.54 Å². The first-order valence-corrected chi connectivity index (χ1v) is 8.17. The molecule has 2 aromatic rings. The quantitative estimate of drug-likeness (QED) is 0.794.